The van der Waals surface area contributed by atoms with Gasteiger partial charge in [-0.2, -0.15) is 21.6 Å². The molecule has 0 aliphatic carbocycles. The zero-order valence-electron chi connectivity index (χ0n) is 35.9. The number of Topliss-reactive ketones (excluding diaryl/α,β-unsaturated/α-hetero) is 2. The lowest BCUT2D eigenvalue weighted by atomic mass is 10.1. The monoisotopic (exact) mass is 828 g/mol. The Kier molecular flexibility index (Phi) is 22.2. The number of likely N-dealkylation sites (tertiary alicyclic amines) is 1. The molecule has 0 aromatic heterocycles. The first-order chi connectivity index (χ1) is 25.3. The fourth-order valence-corrected chi connectivity index (χ4v) is 8.23. The molecule has 0 bridgehead atoms. The van der Waals surface area contributed by atoms with E-state index < -0.39 is 41.2 Å². The molecule has 0 aromatic rings. The number of hydrogen-bond acceptors (Lipinski definition) is 11. The van der Waals surface area contributed by atoms with E-state index in [4.69, 9.17) is 10.8 Å². The van der Waals surface area contributed by atoms with Crippen LogP contribution in [0.15, 0.2) is 38.0 Å². The highest BCUT2D eigenvalue weighted by molar-refractivity contribution is 7.88. The number of esters is 1. The molecular formula is C38H68F3N3O9SSi. The number of halogens is 3. The number of ether oxygens (including phenoxy) is 2. The van der Waals surface area contributed by atoms with E-state index in [9.17, 15) is 40.8 Å². The van der Waals surface area contributed by atoms with E-state index in [2.05, 4.69) is 34.2 Å². The number of carbonyl (C=O) groups excluding carboxylic acids is 4. The molecule has 0 saturated carbocycles. The van der Waals surface area contributed by atoms with Crippen molar-refractivity contribution >= 4 is 42.1 Å². The third-order valence-electron chi connectivity index (χ3n) is 7.53. The molecule has 3 fully saturated rings. The average Bonchev–Trinajstić information content (AvgIpc) is 3.79. The van der Waals surface area contributed by atoms with E-state index in [0.29, 0.717) is 19.4 Å². The normalized spacial score (nSPS) is 24.0. The topological polar surface area (TPSA) is 157 Å². The first-order valence-corrected chi connectivity index (χ1v) is 23.1. The molecule has 12 nitrogen and oxygen atoms in total. The third kappa shape index (κ3) is 21.9. The maximum Gasteiger partial charge on any atom is 0.522 e. The Bertz CT molecular complexity index is 1410. The van der Waals surface area contributed by atoms with Gasteiger partial charge in [-0.1, -0.05) is 32.1 Å². The van der Waals surface area contributed by atoms with Gasteiger partial charge in [-0.15, -0.1) is 19.7 Å². The molecular weight excluding hydrogens is 760 g/mol. The summed E-state index contributed by atoms with van der Waals surface area (Å²) < 4.78 is 76.5. The molecule has 3 rings (SSSR count). The smallest absolute Gasteiger partial charge is 0.459 e. The number of rotatable bonds is 8. The van der Waals surface area contributed by atoms with Crippen LogP contribution in [-0.4, -0.2) is 98.2 Å². The van der Waals surface area contributed by atoms with E-state index >= 15 is 0 Å². The molecule has 17 heteroatoms. The van der Waals surface area contributed by atoms with Crippen LogP contribution >= 0.6 is 0 Å². The summed E-state index contributed by atoms with van der Waals surface area (Å²) in [4.78, 5) is 47.5. The number of amides is 1. The zero-order valence-corrected chi connectivity index (χ0v) is 36.7. The quantitative estimate of drug-likeness (QED) is 0.107. The summed E-state index contributed by atoms with van der Waals surface area (Å²) in [6.07, 6.45) is 10.2. The average molecular weight is 829 g/mol. The SMILES string of the molecule is C=CC1CC[C@@H](C(C)=O)N1C(=O)OC(C)(C)C.C=C[C@@H]1CC[C@@H](C(=O)OC(C)(C)C)N1.C=C[C@H]1CC[C@@H](C(C)=O)N1.C[Si](C)(C)OS(=O)(=O)C(F)(F)F.[2H]CC. The minimum atomic E-state index is -5.39. The molecule has 0 radical (unpaired) electrons. The lowest BCUT2D eigenvalue weighted by Gasteiger charge is -2.30. The molecule has 3 heterocycles. The minimum absolute atomic E-state index is 0.000194. The van der Waals surface area contributed by atoms with E-state index in [0.717, 1.165) is 32.1 Å². The summed E-state index contributed by atoms with van der Waals surface area (Å²) in [6.45, 7) is 31.6. The van der Waals surface area contributed by atoms with Gasteiger partial charge in [-0.25, -0.2) is 4.79 Å². The zero-order chi connectivity index (χ0) is 44.5. The molecule has 3 aliphatic rings. The van der Waals surface area contributed by atoms with Gasteiger partial charge >= 0.3 is 27.7 Å². The molecule has 0 spiro atoms. The Balaban J connectivity index is 0. The van der Waals surface area contributed by atoms with Crippen molar-refractivity contribution in [2.45, 2.75) is 180 Å². The second kappa shape index (κ2) is 23.4. The summed E-state index contributed by atoms with van der Waals surface area (Å²) in [5, 5.41) is 6.34. The second-order valence-corrected chi connectivity index (χ2v) is 22.2. The van der Waals surface area contributed by atoms with Crippen LogP contribution in [0.3, 0.4) is 0 Å². The van der Waals surface area contributed by atoms with Crippen molar-refractivity contribution in [3.63, 3.8) is 0 Å². The van der Waals surface area contributed by atoms with E-state index in [1.165, 1.54) is 31.5 Å². The van der Waals surface area contributed by atoms with Gasteiger partial charge in [0.05, 0.1) is 18.1 Å². The van der Waals surface area contributed by atoms with Gasteiger partial charge in [0.15, 0.2) is 5.78 Å². The fourth-order valence-electron chi connectivity index (χ4n) is 5.22. The Hall–Kier alpha value is -2.86. The lowest BCUT2D eigenvalue weighted by Crippen LogP contribution is -2.46. The van der Waals surface area contributed by atoms with Crippen LogP contribution in [-0.2, 0) is 37.8 Å². The van der Waals surface area contributed by atoms with Crippen LogP contribution in [0.4, 0.5) is 18.0 Å². The predicted octanol–water partition coefficient (Wildman–Crippen LogP) is 7.76. The van der Waals surface area contributed by atoms with Crippen LogP contribution < -0.4 is 10.6 Å². The molecule has 2 N–H and O–H groups in total. The minimum Gasteiger partial charge on any atom is -0.459 e. The van der Waals surface area contributed by atoms with Crippen molar-refractivity contribution in [2.24, 2.45) is 0 Å². The number of nitrogens with one attached hydrogen (secondary N) is 2. The number of hydrogen-bond donors (Lipinski definition) is 2. The summed E-state index contributed by atoms with van der Waals surface area (Å²) in [7, 11) is -8.10. The highest BCUT2D eigenvalue weighted by Gasteiger charge is 2.49. The molecule has 55 heavy (non-hydrogen) atoms. The molecule has 3 aliphatic heterocycles. The maximum absolute atomic E-state index is 12.0. The van der Waals surface area contributed by atoms with E-state index in [-0.39, 0.29) is 47.7 Å². The Morgan fingerprint density at radius 1 is 0.764 bits per heavy atom. The summed E-state index contributed by atoms with van der Waals surface area (Å²) in [5.74, 6) is 0.0893. The van der Waals surface area contributed by atoms with Gasteiger partial charge in [0.1, 0.15) is 23.0 Å². The van der Waals surface area contributed by atoms with Gasteiger partial charge < -0.3 is 18.7 Å². The Labute approximate surface area is 330 Å². The standard InChI is InChI=1S/C13H21NO3.C11H19NO2.C8H13NO.C4H9F3O3SSi.C2H6/c1-6-10-7-8-11(9(2)15)14(10)12(16)17-13(3,4)5;1-5-8-6-7-9(12-8)10(13)14-11(2,3)4;1-3-7-4-5-8(9-7)6(2)10;1-12(2,3)10-11(8,9)4(5,6)7;1-2/h6,10-11H,1,7-8H2,2-5H3;5,8-9,12H,1,6-7H2,2-4H3;3,7-9H,1,4-5H2,2H3;1-3H3;1-2H3/t10?,11-;8-,9+;7-,8-;;/m010../s1/i;;;;1D. The summed E-state index contributed by atoms with van der Waals surface area (Å²) >= 11 is 0. The number of carbonyl (C=O) groups is 4. The highest BCUT2D eigenvalue weighted by Crippen LogP contribution is 2.28. The van der Waals surface area contributed by atoms with Crippen molar-refractivity contribution in [1.82, 2.24) is 15.5 Å². The van der Waals surface area contributed by atoms with Gasteiger partial charge in [0.2, 0.25) is 8.32 Å². The number of nitrogens with zero attached hydrogens (tertiary/aromatic N) is 1. The maximum atomic E-state index is 12.0. The first kappa shape index (κ1) is 52.1. The summed E-state index contributed by atoms with van der Waals surface area (Å²) in [6, 6.07) is 0.0771. The van der Waals surface area contributed by atoms with Gasteiger partial charge in [-0.05, 0) is 114 Å². The Morgan fingerprint density at radius 3 is 1.49 bits per heavy atom. The van der Waals surface area contributed by atoms with Crippen LogP contribution in [0.25, 0.3) is 0 Å². The van der Waals surface area contributed by atoms with Gasteiger partial charge in [0, 0.05) is 13.5 Å². The van der Waals surface area contributed by atoms with Gasteiger partial charge in [0.25, 0.3) is 0 Å². The van der Waals surface area contributed by atoms with Crippen molar-refractivity contribution in [3.8, 4) is 0 Å². The fraction of sp³-hybridized carbons (Fsp3) is 0.737. The van der Waals surface area contributed by atoms with Crippen LogP contribution in [0.1, 0.15) is 109 Å². The van der Waals surface area contributed by atoms with Crippen molar-refractivity contribution in [3.05, 3.63) is 38.0 Å². The number of alkyl halides is 3. The molecule has 0 aromatic carbocycles. The first-order valence-electron chi connectivity index (χ1n) is 19.0. The molecule has 6 atom stereocenters. The third-order valence-corrected chi connectivity index (χ3v) is 11.0. The van der Waals surface area contributed by atoms with Crippen molar-refractivity contribution < 1.29 is 55.5 Å². The van der Waals surface area contributed by atoms with Crippen LogP contribution in [0.5, 0.6) is 0 Å². The number of ketones is 2. The Morgan fingerprint density at radius 2 is 1.20 bits per heavy atom. The molecule has 3 saturated heterocycles. The van der Waals surface area contributed by atoms with Crippen molar-refractivity contribution in [2.75, 3.05) is 0 Å². The van der Waals surface area contributed by atoms with Gasteiger partial charge in [-0.3, -0.25) is 24.6 Å². The predicted molar refractivity (Wildman–Crippen MR) is 213 cm³/mol. The summed E-state index contributed by atoms with van der Waals surface area (Å²) in [5.41, 5.74) is -6.26. The van der Waals surface area contributed by atoms with E-state index in [1.807, 2.05) is 53.7 Å². The second-order valence-electron chi connectivity index (χ2n) is 15.9. The van der Waals surface area contributed by atoms with E-state index in [1.54, 1.807) is 19.9 Å². The lowest BCUT2D eigenvalue weighted by molar-refractivity contribution is -0.157. The van der Waals surface area contributed by atoms with Crippen molar-refractivity contribution in [1.29, 1.82) is 0 Å². The van der Waals surface area contributed by atoms with Crippen LogP contribution in [0.2, 0.25) is 19.6 Å². The molecule has 1 unspecified atom stereocenters. The molecule has 1 amide bonds. The molecule has 320 valence electrons. The largest absolute Gasteiger partial charge is 0.522 e. The van der Waals surface area contributed by atoms with Crippen LogP contribution in [0, 0.1) is 0 Å². The highest BCUT2D eigenvalue weighted by atomic mass is 32.2.